The van der Waals surface area contributed by atoms with Crippen LogP contribution >= 0.6 is 11.6 Å². The molecule has 1 aromatic rings. The second kappa shape index (κ2) is 6.45. The first-order chi connectivity index (χ1) is 9.88. The van der Waals surface area contributed by atoms with Crippen LogP contribution < -0.4 is 10.6 Å². The van der Waals surface area contributed by atoms with Gasteiger partial charge in [-0.25, -0.2) is 0 Å². The Morgan fingerprint density at radius 1 is 1.38 bits per heavy atom. The third kappa shape index (κ3) is 4.19. The summed E-state index contributed by atoms with van der Waals surface area (Å²) >= 11 is 6.06. The fourth-order valence-corrected chi connectivity index (χ4v) is 2.24. The second-order valence-electron chi connectivity index (χ2n) is 5.47. The van der Waals surface area contributed by atoms with Crippen molar-refractivity contribution in [2.75, 3.05) is 5.32 Å². The smallest absolute Gasteiger partial charge is 0.249 e. The summed E-state index contributed by atoms with van der Waals surface area (Å²) in [6.45, 7) is 3.36. The van der Waals surface area contributed by atoms with E-state index in [2.05, 4.69) is 10.6 Å². The van der Waals surface area contributed by atoms with E-state index in [1.807, 2.05) is 13.0 Å². The number of amides is 2. The largest absolute Gasteiger partial charge is 0.391 e. The SMILES string of the molecule is Cc1ccc(NC(=O)C(NC(=O)C2CC2)C(C)O)c(Cl)c1. The molecule has 6 heteroatoms. The van der Waals surface area contributed by atoms with Gasteiger partial charge >= 0.3 is 0 Å². The Balaban J connectivity index is 2.05. The van der Waals surface area contributed by atoms with Gasteiger partial charge in [0, 0.05) is 5.92 Å². The number of carbonyl (C=O) groups is 2. The van der Waals surface area contributed by atoms with Crippen LogP contribution in [0.25, 0.3) is 0 Å². The lowest BCUT2D eigenvalue weighted by atomic mass is 10.1. The molecular weight excluding hydrogens is 292 g/mol. The van der Waals surface area contributed by atoms with Crippen LogP contribution in [0.5, 0.6) is 0 Å². The number of hydrogen-bond acceptors (Lipinski definition) is 3. The van der Waals surface area contributed by atoms with Crippen molar-refractivity contribution >= 4 is 29.1 Å². The number of hydrogen-bond donors (Lipinski definition) is 3. The number of rotatable bonds is 5. The van der Waals surface area contributed by atoms with Crippen molar-refractivity contribution in [3.05, 3.63) is 28.8 Å². The van der Waals surface area contributed by atoms with Crippen molar-refractivity contribution in [2.45, 2.75) is 38.8 Å². The Morgan fingerprint density at radius 3 is 2.57 bits per heavy atom. The minimum absolute atomic E-state index is 0.0259. The number of carbonyl (C=O) groups excluding carboxylic acids is 2. The zero-order chi connectivity index (χ0) is 15.6. The first kappa shape index (κ1) is 15.8. The Hall–Kier alpha value is -1.59. The van der Waals surface area contributed by atoms with E-state index in [0.717, 1.165) is 18.4 Å². The molecule has 5 nitrogen and oxygen atoms in total. The molecule has 2 rings (SSSR count). The molecule has 1 aliphatic rings. The van der Waals surface area contributed by atoms with Gasteiger partial charge in [-0.3, -0.25) is 9.59 Å². The molecule has 1 fully saturated rings. The summed E-state index contributed by atoms with van der Waals surface area (Å²) in [4.78, 5) is 24.0. The van der Waals surface area contributed by atoms with Gasteiger partial charge in [-0.2, -0.15) is 0 Å². The van der Waals surface area contributed by atoms with Crippen molar-refractivity contribution in [1.29, 1.82) is 0 Å². The van der Waals surface area contributed by atoms with Crippen molar-refractivity contribution < 1.29 is 14.7 Å². The number of nitrogens with one attached hydrogen (secondary N) is 2. The van der Waals surface area contributed by atoms with E-state index in [0.29, 0.717) is 10.7 Å². The van der Waals surface area contributed by atoms with E-state index in [1.54, 1.807) is 12.1 Å². The first-order valence-electron chi connectivity index (χ1n) is 6.94. The Bertz CT molecular complexity index is 556. The van der Waals surface area contributed by atoms with Crippen LogP contribution in [0, 0.1) is 12.8 Å². The maximum atomic E-state index is 12.2. The van der Waals surface area contributed by atoms with Gasteiger partial charge in [0.15, 0.2) is 0 Å². The van der Waals surface area contributed by atoms with Crippen LogP contribution in [0.1, 0.15) is 25.3 Å². The molecule has 0 radical (unpaired) electrons. The number of benzene rings is 1. The van der Waals surface area contributed by atoms with Gasteiger partial charge in [-0.05, 0) is 44.4 Å². The molecule has 0 saturated heterocycles. The van der Waals surface area contributed by atoms with E-state index < -0.39 is 18.1 Å². The van der Waals surface area contributed by atoms with Crippen molar-refractivity contribution in [1.82, 2.24) is 5.32 Å². The molecule has 0 spiro atoms. The van der Waals surface area contributed by atoms with Gasteiger partial charge < -0.3 is 15.7 Å². The lowest BCUT2D eigenvalue weighted by Gasteiger charge is -2.21. The van der Waals surface area contributed by atoms with Crippen molar-refractivity contribution in [2.24, 2.45) is 5.92 Å². The summed E-state index contributed by atoms with van der Waals surface area (Å²) in [5.74, 6) is -0.696. The third-order valence-electron chi connectivity index (χ3n) is 3.39. The summed E-state index contributed by atoms with van der Waals surface area (Å²) < 4.78 is 0. The molecule has 0 aliphatic heterocycles. The fourth-order valence-electron chi connectivity index (χ4n) is 1.95. The van der Waals surface area contributed by atoms with Crippen LogP contribution in [0.15, 0.2) is 18.2 Å². The summed E-state index contributed by atoms with van der Waals surface area (Å²) in [6, 6.07) is 4.26. The summed E-state index contributed by atoms with van der Waals surface area (Å²) in [5, 5.41) is 15.4. The van der Waals surface area contributed by atoms with Gasteiger partial charge in [-0.1, -0.05) is 17.7 Å². The van der Waals surface area contributed by atoms with Crippen LogP contribution in [0.3, 0.4) is 0 Å². The van der Waals surface area contributed by atoms with Gasteiger partial charge in [-0.15, -0.1) is 0 Å². The summed E-state index contributed by atoms with van der Waals surface area (Å²) in [6.07, 6.45) is 0.685. The number of halogens is 1. The molecule has 2 amide bonds. The molecule has 0 bridgehead atoms. The summed E-state index contributed by atoms with van der Waals surface area (Å²) in [5.41, 5.74) is 1.44. The normalized spacial score (nSPS) is 17.0. The van der Waals surface area contributed by atoms with Crippen LogP contribution in [-0.2, 0) is 9.59 Å². The van der Waals surface area contributed by atoms with E-state index in [9.17, 15) is 14.7 Å². The zero-order valence-corrected chi connectivity index (χ0v) is 12.8. The van der Waals surface area contributed by atoms with E-state index >= 15 is 0 Å². The molecule has 0 heterocycles. The molecule has 2 atom stereocenters. The first-order valence-corrected chi connectivity index (χ1v) is 7.31. The quantitative estimate of drug-likeness (QED) is 0.777. The highest BCUT2D eigenvalue weighted by Crippen LogP contribution is 2.29. The Labute approximate surface area is 128 Å². The molecule has 114 valence electrons. The topological polar surface area (TPSA) is 78.4 Å². The molecule has 0 aromatic heterocycles. The molecule has 3 N–H and O–H groups in total. The number of aliphatic hydroxyl groups is 1. The molecule has 2 unspecified atom stereocenters. The van der Waals surface area contributed by atoms with E-state index in [1.165, 1.54) is 6.92 Å². The molecule has 21 heavy (non-hydrogen) atoms. The standard InChI is InChI=1S/C15H19ClN2O3/c1-8-3-6-12(11(16)7-8)17-15(21)13(9(2)19)18-14(20)10-4-5-10/h3,6-7,9-10,13,19H,4-5H2,1-2H3,(H,17,21)(H,18,20). The molecular formula is C15H19ClN2O3. The lowest BCUT2D eigenvalue weighted by molar-refractivity contribution is -0.129. The van der Waals surface area contributed by atoms with E-state index in [4.69, 9.17) is 11.6 Å². The minimum Gasteiger partial charge on any atom is -0.391 e. The third-order valence-corrected chi connectivity index (χ3v) is 3.71. The number of anilines is 1. The zero-order valence-electron chi connectivity index (χ0n) is 12.0. The van der Waals surface area contributed by atoms with Gasteiger partial charge in [0.2, 0.25) is 11.8 Å². The molecule has 1 aliphatic carbocycles. The minimum atomic E-state index is -0.990. The van der Waals surface area contributed by atoms with Gasteiger partial charge in [0.1, 0.15) is 6.04 Å². The van der Waals surface area contributed by atoms with Crippen LogP contribution in [0.4, 0.5) is 5.69 Å². The van der Waals surface area contributed by atoms with E-state index in [-0.39, 0.29) is 11.8 Å². The van der Waals surface area contributed by atoms with Gasteiger partial charge in [0.05, 0.1) is 16.8 Å². The average molecular weight is 311 g/mol. The van der Waals surface area contributed by atoms with Crippen LogP contribution in [-0.4, -0.2) is 29.1 Å². The Morgan fingerprint density at radius 2 is 2.05 bits per heavy atom. The Kier molecular flexibility index (Phi) is 4.85. The maximum Gasteiger partial charge on any atom is 0.249 e. The summed E-state index contributed by atoms with van der Waals surface area (Å²) in [7, 11) is 0. The number of aryl methyl sites for hydroxylation is 1. The maximum absolute atomic E-state index is 12.2. The highest BCUT2D eigenvalue weighted by atomic mass is 35.5. The van der Waals surface area contributed by atoms with Crippen molar-refractivity contribution in [3.63, 3.8) is 0 Å². The lowest BCUT2D eigenvalue weighted by Crippen LogP contribution is -2.50. The highest BCUT2D eigenvalue weighted by Gasteiger charge is 2.34. The number of aliphatic hydroxyl groups excluding tert-OH is 1. The fraction of sp³-hybridized carbons (Fsp3) is 0.467. The predicted octanol–water partition coefficient (Wildman–Crippen LogP) is 1.86. The highest BCUT2D eigenvalue weighted by molar-refractivity contribution is 6.33. The second-order valence-corrected chi connectivity index (χ2v) is 5.88. The monoisotopic (exact) mass is 310 g/mol. The molecule has 1 aromatic carbocycles. The average Bonchev–Trinajstić information content (AvgIpc) is 3.22. The van der Waals surface area contributed by atoms with Crippen molar-refractivity contribution in [3.8, 4) is 0 Å². The van der Waals surface area contributed by atoms with Crippen LogP contribution in [0.2, 0.25) is 5.02 Å². The van der Waals surface area contributed by atoms with Gasteiger partial charge in [0.25, 0.3) is 0 Å². The predicted molar refractivity (Wildman–Crippen MR) is 81.2 cm³/mol. The molecule has 1 saturated carbocycles.